The van der Waals surface area contributed by atoms with Crippen molar-refractivity contribution in [1.82, 2.24) is 0 Å². The number of carbonyl (C=O) groups is 1. The predicted molar refractivity (Wildman–Crippen MR) is 59.2 cm³/mol. The molecule has 2 nitrogen and oxygen atoms in total. The molecular weight excluding hydrogens is 250 g/mol. The number of hydrogen-bond acceptors (Lipinski definition) is 3. The number of ketones is 1. The molecule has 0 bridgehead atoms. The molecule has 0 aliphatic heterocycles. The van der Waals surface area contributed by atoms with Crippen LogP contribution >= 0.6 is 27.3 Å². The van der Waals surface area contributed by atoms with Gasteiger partial charge < -0.3 is 5.73 Å². The van der Waals surface area contributed by atoms with E-state index in [0.29, 0.717) is 13.0 Å². The molecule has 1 aromatic rings. The quantitative estimate of drug-likeness (QED) is 0.848. The fourth-order valence-electron chi connectivity index (χ4n) is 0.985. The van der Waals surface area contributed by atoms with E-state index in [1.165, 1.54) is 11.3 Å². The van der Waals surface area contributed by atoms with E-state index in [0.717, 1.165) is 9.35 Å². The lowest BCUT2D eigenvalue weighted by atomic mass is 10.0. The van der Waals surface area contributed by atoms with Gasteiger partial charge in [-0.15, -0.1) is 11.3 Å². The summed E-state index contributed by atoms with van der Waals surface area (Å²) in [5.41, 5.74) is 5.45. The van der Waals surface area contributed by atoms with Crippen molar-refractivity contribution in [3.05, 3.63) is 20.8 Å². The molecule has 0 saturated carbocycles. The SMILES string of the molecule is CC(CN)CC(=O)c1sccc1Br. The lowest BCUT2D eigenvalue weighted by Crippen LogP contribution is -2.14. The van der Waals surface area contributed by atoms with E-state index >= 15 is 0 Å². The van der Waals surface area contributed by atoms with Crippen LogP contribution in [0.2, 0.25) is 0 Å². The fourth-order valence-corrected chi connectivity index (χ4v) is 2.53. The molecule has 1 atom stereocenters. The Hall–Kier alpha value is -0.190. The Morgan fingerprint density at radius 2 is 2.46 bits per heavy atom. The Bertz CT molecular complexity index is 298. The molecule has 0 saturated heterocycles. The number of halogens is 1. The van der Waals surface area contributed by atoms with Crippen LogP contribution in [0.1, 0.15) is 23.0 Å². The molecular formula is C9H12BrNOS. The minimum atomic E-state index is 0.180. The Morgan fingerprint density at radius 1 is 1.77 bits per heavy atom. The van der Waals surface area contributed by atoms with Crippen molar-refractivity contribution >= 4 is 33.0 Å². The monoisotopic (exact) mass is 261 g/mol. The van der Waals surface area contributed by atoms with Gasteiger partial charge in [-0.25, -0.2) is 0 Å². The molecule has 0 aromatic carbocycles. The van der Waals surface area contributed by atoms with Crippen molar-refractivity contribution in [2.45, 2.75) is 13.3 Å². The first-order chi connectivity index (χ1) is 6.15. The number of carbonyl (C=O) groups excluding carboxylic acids is 1. The standard InChI is InChI=1S/C9H12BrNOS/c1-6(5-11)4-8(12)9-7(10)2-3-13-9/h2-3,6H,4-5,11H2,1H3. The Morgan fingerprint density at radius 3 is 2.92 bits per heavy atom. The maximum absolute atomic E-state index is 11.6. The first-order valence-corrected chi connectivity index (χ1v) is 5.78. The van der Waals surface area contributed by atoms with E-state index in [4.69, 9.17) is 5.73 Å². The molecule has 4 heteroatoms. The fraction of sp³-hybridized carbons (Fsp3) is 0.444. The summed E-state index contributed by atoms with van der Waals surface area (Å²) in [5, 5.41) is 1.91. The summed E-state index contributed by atoms with van der Waals surface area (Å²) in [6.07, 6.45) is 0.537. The zero-order valence-corrected chi connectivity index (χ0v) is 9.82. The molecule has 0 fully saturated rings. The van der Waals surface area contributed by atoms with E-state index in [1.807, 2.05) is 18.4 Å². The summed E-state index contributed by atoms with van der Waals surface area (Å²) in [5.74, 6) is 0.446. The molecule has 1 rings (SSSR count). The van der Waals surface area contributed by atoms with Gasteiger partial charge in [-0.05, 0) is 39.8 Å². The number of Topliss-reactive ketones (excluding diaryl/α,β-unsaturated/α-hetero) is 1. The van der Waals surface area contributed by atoms with Gasteiger partial charge in [0.05, 0.1) is 4.88 Å². The molecule has 2 N–H and O–H groups in total. The van der Waals surface area contributed by atoms with Gasteiger partial charge in [0.25, 0.3) is 0 Å². The first kappa shape index (κ1) is 10.9. The minimum Gasteiger partial charge on any atom is -0.330 e. The van der Waals surface area contributed by atoms with E-state index in [1.54, 1.807) is 0 Å². The van der Waals surface area contributed by atoms with Gasteiger partial charge in [0.2, 0.25) is 0 Å². The summed E-state index contributed by atoms with van der Waals surface area (Å²) in [6.45, 7) is 2.55. The van der Waals surface area contributed by atoms with Crippen LogP contribution in [0.4, 0.5) is 0 Å². The van der Waals surface area contributed by atoms with Crippen molar-refractivity contribution in [3.8, 4) is 0 Å². The average Bonchev–Trinajstić information content (AvgIpc) is 2.51. The van der Waals surface area contributed by atoms with Gasteiger partial charge in [-0.3, -0.25) is 4.79 Å². The molecule has 0 amide bonds. The van der Waals surface area contributed by atoms with Crippen LogP contribution in [0, 0.1) is 5.92 Å². The van der Waals surface area contributed by atoms with E-state index in [-0.39, 0.29) is 11.7 Å². The van der Waals surface area contributed by atoms with Gasteiger partial charge in [-0.1, -0.05) is 6.92 Å². The second-order valence-corrected chi connectivity index (χ2v) is 4.84. The normalized spacial score (nSPS) is 12.8. The highest BCUT2D eigenvalue weighted by Gasteiger charge is 2.13. The van der Waals surface area contributed by atoms with Crippen molar-refractivity contribution < 1.29 is 4.79 Å². The maximum Gasteiger partial charge on any atom is 0.174 e. The number of nitrogens with two attached hydrogens (primary N) is 1. The topological polar surface area (TPSA) is 43.1 Å². The maximum atomic E-state index is 11.6. The van der Waals surface area contributed by atoms with Crippen LogP contribution in [0.3, 0.4) is 0 Å². The highest BCUT2D eigenvalue weighted by atomic mass is 79.9. The molecule has 0 spiro atoms. The van der Waals surface area contributed by atoms with Crippen LogP contribution < -0.4 is 5.73 Å². The van der Waals surface area contributed by atoms with Crippen LogP contribution in [0.15, 0.2) is 15.9 Å². The van der Waals surface area contributed by atoms with Crippen LogP contribution in [-0.4, -0.2) is 12.3 Å². The Balaban J connectivity index is 2.64. The molecule has 72 valence electrons. The first-order valence-electron chi connectivity index (χ1n) is 4.11. The molecule has 0 aliphatic carbocycles. The summed E-state index contributed by atoms with van der Waals surface area (Å²) in [4.78, 5) is 12.4. The van der Waals surface area contributed by atoms with Crippen molar-refractivity contribution in [2.24, 2.45) is 11.7 Å². The van der Waals surface area contributed by atoms with Gasteiger partial charge in [0, 0.05) is 10.9 Å². The lowest BCUT2D eigenvalue weighted by Gasteiger charge is -2.05. The molecule has 1 aromatic heterocycles. The molecule has 0 radical (unpaired) electrons. The molecule has 13 heavy (non-hydrogen) atoms. The van der Waals surface area contributed by atoms with Crippen molar-refractivity contribution in [1.29, 1.82) is 0 Å². The van der Waals surface area contributed by atoms with Crippen molar-refractivity contribution in [2.75, 3.05) is 6.54 Å². The van der Waals surface area contributed by atoms with E-state index < -0.39 is 0 Å². The Labute approximate surface area is 90.3 Å². The van der Waals surface area contributed by atoms with Crippen LogP contribution in [0.25, 0.3) is 0 Å². The lowest BCUT2D eigenvalue weighted by molar-refractivity contribution is 0.0969. The van der Waals surface area contributed by atoms with Gasteiger partial charge in [0.1, 0.15) is 0 Å². The number of thiophene rings is 1. The highest BCUT2D eigenvalue weighted by Crippen LogP contribution is 2.24. The summed E-state index contributed by atoms with van der Waals surface area (Å²) < 4.78 is 0.895. The van der Waals surface area contributed by atoms with Gasteiger partial charge >= 0.3 is 0 Å². The van der Waals surface area contributed by atoms with Crippen LogP contribution in [0.5, 0.6) is 0 Å². The summed E-state index contributed by atoms with van der Waals surface area (Å²) in [6, 6.07) is 1.89. The zero-order valence-electron chi connectivity index (χ0n) is 7.42. The average molecular weight is 262 g/mol. The number of hydrogen-bond donors (Lipinski definition) is 1. The third-order valence-electron chi connectivity index (χ3n) is 1.81. The smallest absolute Gasteiger partial charge is 0.174 e. The van der Waals surface area contributed by atoms with E-state index in [2.05, 4.69) is 15.9 Å². The molecule has 1 unspecified atom stereocenters. The number of rotatable bonds is 4. The summed E-state index contributed by atoms with van der Waals surface area (Å²) >= 11 is 4.81. The largest absolute Gasteiger partial charge is 0.330 e. The highest BCUT2D eigenvalue weighted by molar-refractivity contribution is 9.10. The van der Waals surface area contributed by atoms with Crippen molar-refractivity contribution in [3.63, 3.8) is 0 Å². The third kappa shape index (κ3) is 2.90. The second kappa shape index (κ2) is 4.88. The van der Waals surface area contributed by atoms with Gasteiger partial charge in [0.15, 0.2) is 5.78 Å². The second-order valence-electron chi connectivity index (χ2n) is 3.07. The third-order valence-corrected chi connectivity index (χ3v) is 3.69. The predicted octanol–water partition coefficient (Wildman–Crippen LogP) is 2.68. The molecule has 1 heterocycles. The van der Waals surface area contributed by atoms with E-state index in [9.17, 15) is 4.79 Å². The van der Waals surface area contributed by atoms with Gasteiger partial charge in [-0.2, -0.15) is 0 Å². The zero-order chi connectivity index (χ0) is 9.84. The van der Waals surface area contributed by atoms with Crippen LogP contribution in [-0.2, 0) is 0 Å². The minimum absolute atomic E-state index is 0.180. The summed E-state index contributed by atoms with van der Waals surface area (Å²) in [7, 11) is 0. The Kier molecular flexibility index (Phi) is 4.09. The molecule has 0 aliphatic rings.